The third kappa shape index (κ3) is 2.47. The van der Waals surface area contributed by atoms with Gasteiger partial charge in [-0.1, -0.05) is 47.2 Å². The Morgan fingerprint density at radius 1 is 1.00 bits per heavy atom. The fourth-order valence-corrected chi connectivity index (χ4v) is 3.50. The summed E-state index contributed by atoms with van der Waals surface area (Å²) in [6.45, 7) is 2.06. The second-order valence-electron chi connectivity index (χ2n) is 5.87. The van der Waals surface area contributed by atoms with E-state index in [1.54, 1.807) is 10.7 Å². The van der Waals surface area contributed by atoms with Gasteiger partial charge in [0, 0.05) is 11.8 Å². The van der Waals surface area contributed by atoms with E-state index < -0.39 is 0 Å². The lowest BCUT2D eigenvalue weighted by molar-refractivity contribution is 0.952. The van der Waals surface area contributed by atoms with Gasteiger partial charge in [-0.15, -0.1) is 10.2 Å². The fraction of sp³-hybridized carbons (Fsp3) is 0.0556. The number of nitrogens with one attached hydrogen (secondary N) is 1. The minimum atomic E-state index is 0.629. The van der Waals surface area contributed by atoms with Crippen molar-refractivity contribution < 1.29 is 0 Å². The molecular weight excluding hydrogens is 346 g/mol. The Bertz CT molecular complexity index is 1190. The van der Waals surface area contributed by atoms with Crippen molar-refractivity contribution in [1.82, 2.24) is 35.0 Å². The van der Waals surface area contributed by atoms with Gasteiger partial charge in [0.25, 0.3) is 0 Å². The van der Waals surface area contributed by atoms with Gasteiger partial charge in [-0.05, 0) is 25.1 Å². The van der Waals surface area contributed by atoms with Crippen LogP contribution in [0.3, 0.4) is 0 Å². The zero-order valence-electron chi connectivity index (χ0n) is 13.8. The first-order valence-electron chi connectivity index (χ1n) is 8.04. The van der Waals surface area contributed by atoms with Crippen LogP contribution in [0.1, 0.15) is 5.56 Å². The van der Waals surface area contributed by atoms with Gasteiger partial charge in [-0.2, -0.15) is 14.7 Å². The molecule has 0 aliphatic rings. The molecule has 1 N–H and O–H groups in total. The van der Waals surface area contributed by atoms with Crippen molar-refractivity contribution in [2.24, 2.45) is 0 Å². The maximum absolute atomic E-state index is 4.61. The lowest BCUT2D eigenvalue weighted by Gasteiger charge is -1.96. The summed E-state index contributed by atoms with van der Waals surface area (Å²) in [7, 11) is 0. The molecule has 0 unspecified atom stereocenters. The number of hydrogen-bond acceptors (Lipinski definition) is 6. The van der Waals surface area contributed by atoms with Crippen molar-refractivity contribution in [3.05, 3.63) is 60.3 Å². The summed E-state index contributed by atoms with van der Waals surface area (Å²) in [5.74, 6) is 0.629. The number of nitrogens with zero attached hydrogens (tertiary/aromatic N) is 6. The van der Waals surface area contributed by atoms with Crippen LogP contribution in [0.2, 0.25) is 0 Å². The number of aromatic amines is 1. The number of H-pyrrole nitrogens is 1. The Morgan fingerprint density at radius 2 is 1.88 bits per heavy atom. The Hall–Kier alpha value is -3.39. The van der Waals surface area contributed by atoms with Crippen LogP contribution in [0.25, 0.3) is 38.4 Å². The SMILES string of the molecule is Cc1ccc(-c2cc(-c3nnc4sc(-c5ccccn5)nn34)[nH]n2)cc1. The van der Waals surface area contributed by atoms with Crippen LogP contribution in [0.5, 0.6) is 0 Å². The monoisotopic (exact) mass is 359 g/mol. The van der Waals surface area contributed by atoms with E-state index >= 15 is 0 Å². The summed E-state index contributed by atoms with van der Waals surface area (Å²) in [5, 5.41) is 21.3. The maximum atomic E-state index is 4.61. The molecule has 126 valence electrons. The van der Waals surface area contributed by atoms with Crippen molar-refractivity contribution in [3.63, 3.8) is 0 Å². The van der Waals surface area contributed by atoms with E-state index in [4.69, 9.17) is 0 Å². The summed E-state index contributed by atoms with van der Waals surface area (Å²) >= 11 is 1.45. The Kier molecular flexibility index (Phi) is 3.36. The molecule has 4 aromatic heterocycles. The van der Waals surface area contributed by atoms with Crippen molar-refractivity contribution in [3.8, 4) is 33.5 Å². The molecule has 0 aliphatic heterocycles. The third-order valence-electron chi connectivity index (χ3n) is 4.04. The second kappa shape index (κ2) is 5.85. The van der Waals surface area contributed by atoms with Crippen molar-refractivity contribution in [1.29, 1.82) is 0 Å². The first-order valence-corrected chi connectivity index (χ1v) is 8.86. The first-order chi connectivity index (χ1) is 12.8. The minimum Gasteiger partial charge on any atom is -0.274 e. The fourth-order valence-electron chi connectivity index (χ4n) is 2.69. The van der Waals surface area contributed by atoms with Gasteiger partial charge >= 0.3 is 0 Å². The van der Waals surface area contributed by atoms with E-state index in [9.17, 15) is 0 Å². The largest absolute Gasteiger partial charge is 0.274 e. The molecular formula is C18H13N7S. The van der Waals surface area contributed by atoms with E-state index in [1.165, 1.54) is 16.9 Å². The third-order valence-corrected chi connectivity index (χ3v) is 4.96. The van der Waals surface area contributed by atoms with Gasteiger partial charge in [0.2, 0.25) is 10.8 Å². The molecule has 5 aromatic rings. The molecule has 0 aliphatic carbocycles. The van der Waals surface area contributed by atoms with Crippen molar-refractivity contribution in [2.75, 3.05) is 0 Å². The van der Waals surface area contributed by atoms with Crippen LogP contribution >= 0.6 is 11.3 Å². The van der Waals surface area contributed by atoms with E-state index in [0.29, 0.717) is 10.8 Å². The number of rotatable bonds is 3. The molecule has 0 radical (unpaired) electrons. The maximum Gasteiger partial charge on any atom is 0.235 e. The number of pyridine rings is 1. The zero-order valence-corrected chi connectivity index (χ0v) is 14.6. The van der Waals surface area contributed by atoms with E-state index in [1.807, 2.05) is 24.3 Å². The van der Waals surface area contributed by atoms with Crippen LogP contribution in [-0.2, 0) is 0 Å². The molecule has 8 heteroatoms. The van der Waals surface area contributed by atoms with Crippen molar-refractivity contribution >= 4 is 16.3 Å². The molecule has 7 nitrogen and oxygen atoms in total. The minimum absolute atomic E-state index is 0.629. The molecule has 1 aromatic carbocycles. The lowest BCUT2D eigenvalue weighted by atomic mass is 10.1. The van der Waals surface area contributed by atoms with E-state index in [0.717, 1.165) is 27.7 Å². The number of fused-ring (bicyclic) bond motifs is 1. The lowest BCUT2D eigenvalue weighted by Crippen LogP contribution is -1.91. The van der Waals surface area contributed by atoms with Crippen LogP contribution in [0.4, 0.5) is 0 Å². The summed E-state index contributed by atoms with van der Waals surface area (Å²) in [6, 6.07) is 15.9. The number of aryl methyl sites for hydroxylation is 1. The van der Waals surface area contributed by atoms with Crippen molar-refractivity contribution in [2.45, 2.75) is 6.92 Å². The van der Waals surface area contributed by atoms with E-state index in [-0.39, 0.29) is 0 Å². The first kappa shape index (κ1) is 14.9. The Labute approximate surface area is 152 Å². The highest BCUT2D eigenvalue weighted by atomic mass is 32.1. The summed E-state index contributed by atoms with van der Waals surface area (Å²) in [4.78, 5) is 5.06. The topological polar surface area (TPSA) is 84.6 Å². The Balaban J connectivity index is 1.55. The highest BCUT2D eigenvalue weighted by Crippen LogP contribution is 2.27. The number of hydrogen-bond donors (Lipinski definition) is 1. The average molecular weight is 359 g/mol. The molecule has 0 saturated carbocycles. The molecule has 0 bridgehead atoms. The van der Waals surface area contributed by atoms with Gasteiger partial charge in [-0.3, -0.25) is 10.1 Å². The summed E-state index contributed by atoms with van der Waals surface area (Å²) in [5.41, 5.74) is 4.71. The van der Waals surface area contributed by atoms with E-state index in [2.05, 4.69) is 61.7 Å². The molecule has 0 saturated heterocycles. The molecule has 4 heterocycles. The van der Waals surface area contributed by atoms with Crippen LogP contribution in [0, 0.1) is 6.92 Å². The average Bonchev–Trinajstić information content (AvgIpc) is 3.38. The normalized spacial score (nSPS) is 11.3. The van der Waals surface area contributed by atoms with Crippen LogP contribution in [0.15, 0.2) is 54.7 Å². The summed E-state index contributed by atoms with van der Waals surface area (Å²) < 4.78 is 1.72. The molecule has 0 fully saturated rings. The van der Waals surface area contributed by atoms with Gasteiger partial charge in [0.05, 0.1) is 5.69 Å². The molecule has 0 amide bonds. The van der Waals surface area contributed by atoms with Gasteiger partial charge in [0.1, 0.15) is 11.4 Å². The Morgan fingerprint density at radius 3 is 2.69 bits per heavy atom. The number of aromatic nitrogens is 7. The highest BCUT2D eigenvalue weighted by Gasteiger charge is 2.17. The molecule has 26 heavy (non-hydrogen) atoms. The molecule has 5 rings (SSSR count). The quantitative estimate of drug-likeness (QED) is 0.532. The zero-order chi connectivity index (χ0) is 17.5. The van der Waals surface area contributed by atoms with Gasteiger partial charge in [-0.25, -0.2) is 0 Å². The van der Waals surface area contributed by atoms with Crippen LogP contribution < -0.4 is 0 Å². The molecule has 0 spiro atoms. The second-order valence-corrected chi connectivity index (χ2v) is 6.83. The highest BCUT2D eigenvalue weighted by molar-refractivity contribution is 7.19. The molecule has 0 atom stereocenters. The predicted octanol–water partition coefficient (Wildman–Crippen LogP) is 3.61. The standard InChI is InChI=1S/C18H13N7S/c1-11-5-7-12(8-6-11)14-10-15(21-20-14)16-22-23-18-25(16)24-17(26-18)13-4-2-3-9-19-13/h2-10H,1H3,(H,20,21). The van der Waals surface area contributed by atoms with Gasteiger partial charge in [0.15, 0.2) is 5.01 Å². The predicted molar refractivity (Wildman–Crippen MR) is 99.6 cm³/mol. The van der Waals surface area contributed by atoms with Gasteiger partial charge < -0.3 is 0 Å². The number of benzene rings is 1. The summed E-state index contributed by atoms with van der Waals surface area (Å²) in [6.07, 6.45) is 1.75. The smallest absolute Gasteiger partial charge is 0.235 e. The van der Waals surface area contributed by atoms with Crippen LogP contribution in [-0.4, -0.2) is 35.0 Å².